The van der Waals surface area contributed by atoms with Crippen molar-refractivity contribution in [3.63, 3.8) is 0 Å². The third-order valence-electron chi connectivity index (χ3n) is 5.68. The maximum absolute atomic E-state index is 11.5. The van der Waals surface area contributed by atoms with E-state index in [-0.39, 0.29) is 0 Å². The Morgan fingerprint density at radius 2 is 1.97 bits per heavy atom. The van der Waals surface area contributed by atoms with Gasteiger partial charge in [0.15, 0.2) is 6.10 Å². The lowest BCUT2D eigenvalue weighted by Crippen LogP contribution is -2.26. The summed E-state index contributed by atoms with van der Waals surface area (Å²) in [5.74, 6) is 0.594. The van der Waals surface area contributed by atoms with Crippen molar-refractivity contribution >= 4 is 16.9 Å². The van der Waals surface area contributed by atoms with Crippen molar-refractivity contribution in [3.8, 4) is 11.5 Å². The predicted octanol–water partition coefficient (Wildman–Crippen LogP) is 5.27. The SMILES string of the molecule is CCOC(Cc1cccc2c1ccn2CCCc1nc(-c2ccccc2)oc1C)C(=O)O. The number of hydrogen-bond acceptors (Lipinski definition) is 4. The lowest BCUT2D eigenvalue weighted by Gasteiger charge is -2.13. The molecule has 6 nitrogen and oxygen atoms in total. The second kappa shape index (κ2) is 9.83. The smallest absolute Gasteiger partial charge is 0.333 e. The standard InChI is InChI=1S/C26H28N2O4/c1-3-31-24(26(29)30)17-20-11-7-13-23-21(20)14-16-28(23)15-8-12-22-18(2)32-25(27-22)19-9-5-4-6-10-19/h4-7,9-11,13-14,16,24H,3,8,12,15,17H2,1-2H3,(H,29,30). The van der Waals surface area contributed by atoms with Gasteiger partial charge in [-0.1, -0.05) is 30.3 Å². The zero-order valence-corrected chi connectivity index (χ0v) is 18.5. The predicted molar refractivity (Wildman–Crippen MR) is 124 cm³/mol. The summed E-state index contributed by atoms with van der Waals surface area (Å²) in [5.41, 5.74) is 4.06. The molecule has 0 aliphatic rings. The van der Waals surface area contributed by atoms with Gasteiger partial charge in [0.2, 0.25) is 5.89 Å². The molecule has 1 unspecified atom stereocenters. The van der Waals surface area contributed by atoms with Crippen LogP contribution >= 0.6 is 0 Å². The molecule has 2 heterocycles. The molecule has 0 aliphatic heterocycles. The molecule has 4 aromatic rings. The number of carboxylic acids is 1. The topological polar surface area (TPSA) is 77.5 Å². The fourth-order valence-electron chi connectivity index (χ4n) is 4.06. The van der Waals surface area contributed by atoms with Crippen LogP contribution in [0, 0.1) is 6.92 Å². The van der Waals surface area contributed by atoms with E-state index in [1.54, 1.807) is 0 Å². The molecule has 32 heavy (non-hydrogen) atoms. The first-order valence-corrected chi connectivity index (χ1v) is 11.0. The number of fused-ring (bicyclic) bond motifs is 1. The lowest BCUT2D eigenvalue weighted by atomic mass is 10.0. The number of carbonyl (C=O) groups is 1. The van der Waals surface area contributed by atoms with E-state index >= 15 is 0 Å². The molecule has 4 rings (SSSR count). The van der Waals surface area contributed by atoms with Crippen LogP contribution in [0.4, 0.5) is 0 Å². The molecule has 0 spiro atoms. The van der Waals surface area contributed by atoms with E-state index in [9.17, 15) is 9.90 Å². The highest BCUT2D eigenvalue weighted by Crippen LogP contribution is 2.24. The average molecular weight is 433 g/mol. The van der Waals surface area contributed by atoms with Crippen LogP contribution in [-0.4, -0.2) is 33.3 Å². The summed E-state index contributed by atoms with van der Waals surface area (Å²) in [4.78, 5) is 16.2. The van der Waals surface area contributed by atoms with E-state index in [4.69, 9.17) is 14.1 Å². The lowest BCUT2D eigenvalue weighted by molar-refractivity contribution is -0.149. The van der Waals surface area contributed by atoms with E-state index in [1.165, 1.54) is 0 Å². The number of aromatic nitrogens is 2. The third-order valence-corrected chi connectivity index (χ3v) is 5.68. The molecule has 166 valence electrons. The maximum atomic E-state index is 11.5. The van der Waals surface area contributed by atoms with Crippen LogP contribution < -0.4 is 0 Å². The Morgan fingerprint density at radius 1 is 1.16 bits per heavy atom. The Balaban J connectivity index is 1.45. The Morgan fingerprint density at radius 3 is 2.72 bits per heavy atom. The van der Waals surface area contributed by atoms with Crippen LogP contribution in [0.5, 0.6) is 0 Å². The van der Waals surface area contributed by atoms with Crippen molar-refractivity contribution in [2.45, 2.75) is 45.8 Å². The summed E-state index contributed by atoms with van der Waals surface area (Å²) in [6.45, 7) is 4.99. The van der Waals surface area contributed by atoms with Gasteiger partial charge in [0.05, 0.1) is 5.69 Å². The van der Waals surface area contributed by atoms with Crippen LogP contribution in [0.2, 0.25) is 0 Å². The van der Waals surface area contributed by atoms with Gasteiger partial charge in [0, 0.05) is 42.2 Å². The minimum atomic E-state index is -0.930. The number of benzene rings is 2. The Hall–Kier alpha value is -3.38. The largest absolute Gasteiger partial charge is 0.479 e. The molecule has 2 aromatic carbocycles. The molecular formula is C26H28N2O4. The van der Waals surface area contributed by atoms with Crippen LogP contribution in [0.3, 0.4) is 0 Å². The quantitative estimate of drug-likeness (QED) is 0.369. The van der Waals surface area contributed by atoms with Gasteiger partial charge in [0.1, 0.15) is 5.76 Å². The minimum absolute atomic E-state index is 0.352. The first kappa shape index (κ1) is 21.8. The van der Waals surface area contributed by atoms with E-state index in [0.717, 1.165) is 52.9 Å². The third kappa shape index (κ3) is 4.75. The molecule has 0 aliphatic carbocycles. The fourth-order valence-corrected chi connectivity index (χ4v) is 4.06. The molecular weight excluding hydrogens is 404 g/mol. The second-order valence-electron chi connectivity index (χ2n) is 7.84. The summed E-state index contributed by atoms with van der Waals surface area (Å²) in [5, 5.41) is 10.5. The van der Waals surface area contributed by atoms with Crippen molar-refractivity contribution in [3.05, 3.63) is 77.8 Å². The van der Waals surface area contributed by atoms with Crippen LogP contribution in [0.1, 0.15) is 30.4 Å². The van der Waals surface area contributed by atoms with Crippen molar-refractivity contribution in [2.75, 3.05) is 6.61 Å². The number of carboxylic acid groups (broad SMARTS) is 1. The normalized spacial score (nSPS) is 12.3. The van der Waals surface area contributed by atoms with Gasteiger partial charge in [0.25, 0.3) is 0 Å². The zero-order chi connectivity index (χ0) is 22.5. The summed E-state index contributed by atoms with van der Waals surface area (Å²) in [6, 6.07) is 18.0. The Bertz CT molecular complexity index is 1190. The molecule has 0 saturated carbocycles. The average Bonchev–Trinajstić information content (AvgIpc) is 3.38. The van der Waals surface area contributed by atoms with E-state index in [0.29, 0.717) is 18.9 Å². The first-order valence-electron chi connectivity index (χ1n) is 11.0. The van der Waals surface area contributed by atoms with Crippen molar-refractivity contribution in [1.82, 2.24) is 9.55 Å². The second-order valence-corrected chi connectivity index (χ2v) is 7.84. The van der Waals surface area contributed by atoms with Crippen LogP contribution in [0.25, 0.3) is 22.4 Å². The molecule has 0 saturated heterocycles. The molecule has 2 aromatic heterocycles. The van der Waals surface area contributed by atoms with Crippen molar-refractivity contribution in [2.24, 2.45) is 0 Å². The first-order chi connectivity index (χ1) is 15.6. The van der Waals surface area contributed by atoms with Gasteiger partial charge in [-0.05, 0) is 56.5 Å². The van der Waals surface area contributed by atoms with Crippen LogP contribution in [-0.2, 0) is 28.9 Å². The van der Waals surface area contributed by atoms with Gasteiger partial charge in [-0.3, -0.25) is 0 Å². The van der Waals surface area contributed by atoms with Crippen LogP contribution in [0.15, 0.2) is 65.2 Å². The summed E-state index contributed by atoms with van der Waals surface area (Å²) in [7, 11) is 0. The number of aliphatic carboxylic acids is 1. The number of aryl methyl sites for hydroxylation is 3. The number of nitrogens with zero attached hydrogens (tertiary/aromatic N) is 2. The summed E-state index contributed by atoms with van der Waals surface area (Å²) in [6.07, 6.45) is 3.34. The number of oxazole rings is 1. The zero-order valence-electron chi connectivity index (χ0n) is 18.5. The number of hydrogen-bond donors (Lipinski definition) is 1. The molecule has 0 fully saturated rings. The van der Waals surface area contributed by atoms with Gasteiger partial charge in [-0.15, -0.1) is 0 Å². The number of rotatable bonds is 10. The van der Waals surface area contributed by atoms with Gasteiger partial charge < -0.3 is 18.8 Å². The summed E-state index contributed by atoms with van der Waals surface area (Å²) >= 11 is 0. The molecule has 1 N–H and O–H groups in total. The van der Waals surface area contributed by atoms with Crippen molar-refractivity contribution in [1.29, 1.82) is 0 Å². The molecule has 0 radical (unpaired) electrons. The van der Waals surface area contributed by atoms with Crippen molar-refractivity contribution < 1.29 is 19.1 Å². The maximum Gasteiger partial charge on any atom is 0.333 e. The van der Waals surface area contributed by atoms with Gasteiger partial charge >= 0.3 is 5.97 Å². The molecule has 0 bridgehead atoms. The Labute approximate surface area is 187 Å². The van der Waals surface area contributed by atoms with Gasteiger partial charge in [-0.2, -0.15) is 0 Å². The minimum Gasteiger partial charge on any atom is -0.479 e. The monoisotopic (exact) mass is 432 g/mol. The molecule has 0 amide bonds. The van der Waals surface area contributed by atoms with E-state index < -0.39 is 12.1 Å². The Kier molecular flexibility index (Phi) is 6.71. The van der Waals surface area contributed by atoms with Gasteiger partial charge in [-0.25, -0.2) is 9.78 Å². The van der Waals surface area contributed by atoms with E-state index in [2.05, 4.69) is 22.9 Å². The fraction of sp³-hybridized carbons (Fsp3) is 0.308. The molecule has 6 heteroatoms. The highest BCUT2D eigenvalue weighted by atomic mass is 16.5. The van der Waals surface area contributed by atoms with E-state index in [1.807, 2.05) is 56.3 Å². The molecule has 1 atom stereocenters. The highest BCUT2D eigenvalue weighted by molar-refractivity contribution is 5.84. The highest BCUT2D eigenvalue weighted by Gasteiger charge is 2.19. The summed E-state index contributed by atoms with van der Waals surface area (Å²) < 4.78 is 13.5. The number of ether oxygens (including phenoxy) is 1.